The molecule has 0 bridgehead atoms. The predicted octanol–water partition coefficient (Wildman–Crippen LogP) is 3.50. The molecule has 0 fully saturated rings. The number of nitrogens with one attached hydrogen (secondary N) is 1. The fraction of sp³-hybridized carbons (Fsp3) is 0.952. The Morgan fingerprint density at radius 3 is 1.85 bits per heavy atom. The average molecular weight is 406 g/mol. The van der Waals surface area contributed by atoms with Crippen LogP contribution in [0.25, 0.3) is 0 Å². The number of hydrogen-bond acceptors (Lipinski definition) is 5. The molecule has 27 heavy (non-hydrogen) atoms. The molecule has 0 aromatic rings. The summed E-state index contributed by atoms with van der Waals surface area (Å²) >= 11 is 1.79. The van der Waals surface area contributed by atoms with Crippen molar-refractivity contribution in [2.24, 2.45) is 5.92 Å². The molecule has 1 amide bonds. The van der Waals surface area contributed by atoms with Crippen molar-refractivity contribution >= 4 is 17.7 Å². The maximum atomic E-state index is 12.2. The highest BCUT2D eigenvalue weighted by molar-refractivity contribution is 7.99. The third-order valence-electron chi connectivity index (χ3n) is 5.09. The number of aliphatic hydroxyl groups excluding tert-OH is 3. The Morgan fingerprint density at radius 1 is 0.889 bits per heavy atom. The first kappa shape index (κ1) is 26.7. The van der Waals surface area contributed by atoms with Crippen LogP contribution < -0.4 is 5.32 Å². The van der Waals surface area contributed by atoms with Crippen LogP contribution in [0.4, 0.5) is 0 Å². The number of thioether (sulfide) groups is 1. The summed E-state index contributed by atoms with van der Waals surface area (Å²) in [5.41, 5.74) is -1.34. The molecule has 0 saturated heterocycles. The van der Waals surface area contributed by atoms with Gasteiger partial charge in [0, 0.05) is 16.9 Å². The van der Waals surface area contributed by atoms with Crippen molar-refractivity contribution in [3.63, 3.8) is 0 Å². The lowest BCUT2D eigenvalue weighted by Gasteiger charge is -2.30. The summed E-state index contributed by atoms with van der Waals surface area (Å²) in [4.78, 5) is 12.2. The van der Waals surface area contributed by atoms with Crippen LogP contribution in [-0.4, -0.2) is 57.6 Å². The van der Waals surface area contributed by atoms with Gasteiger partial charge in [-0.3, -0.25) is 4.79 Å². The zero-order valence-electron chi connectivity index (χ0n) is 17.7. The number of hydrogen-bond donors (Lipinski definition) is 4. The van der Waals surface area contributed by atoms with Gasteiger partial charge in [-0.25, -0.2) is 0 Å². The van der Waals surface area contributed by atoms with Crippen molar-refractivity contribution in [2.75, 3.05) is 25.6 Å². The van der Waals surface area contributed by atoms with Crippen LogP contribution in [0.5, 0.6) is 0 Å². The standard InChI is InChI=1S/C21H43NO4S/c1-4-5-6-7-8-9-10-11-12-13-19(3)27-14-18(2)20(26)22-21(15-23,16-24)17-25/h18-19,23-25H,4-17H2,1-3H3,(H,22,26). The fourth-order valence-electron chi connectivity index (χ4n) is 2.86. The zero-order valence-corrected chi connectivity index (χ0v) is 18.5. The number of carbonyl (C=O) groups excluding carboxylic acids is 1. The Labute approximate surface area is 170 Å². The van der Waals surface area contributed by atoms with Crippen molar-refractivity contribution in [3.8, 4) is 0 Å². The van der Waals surface area contributed by atoms with E-state index in [2.05, 4.69) is 19.2 Å². The van der Waals surface area contributed by atoms with Gasteiger partial charge in [0.1, 0.15) is 5.54 Å². The van der Waals surface area contributed by atoms with Crippen molar-refractivity contribution in [3.05, 3.63) is 0 Å². The summed E-state index contributed by atoms with van der Waals surface area (Å²) < 4.78 is 0. The van der Waals surface area contributed by atoms with Crippen LogP contribution >= 0.6 is 11.8 Å². The van der Waals surface area contributed by atoms with Gasteiger partial charge >= 0.3 is 0 Å². The van der Waals surface area contributed by atoms with E-state index in [4.69, 9.17) is 0 Å². The molecule has 0 radical (unpaired) electrons. The smallest absolute Gasteiger partial charge is 0.224 e. The number of aliphatic hydroxyl groups is 3. The molecule has 2 atom stereocenters. The molecule has 0 aliphatic heterocycles. The van der Waals surface area contributed by atoms with Crippen molar-refractivity contribution in [1.82, 2.24) is 5.32 Å². The molecule has 0 saturated carbocycles. The summed E-state index contributed by atoms with van der Waals surface area (Å²) in [6.45, 7) is 4.84. The Balaban J connectivity index is 3.81. The van der Waals surface area contributed by atoms with Gasteiger partial charge in [0.05, 0.1) is 19.8 Å². The highest BCUT2D eigenvalue weighted by Gasteiger charge is 2.31. The van der Waals surface area contributed by atoms with Gasteiger partial charge in [-0.2, -0.15) is 11.8 Å². The minimum Gasteiger partial charge on any atom is -0.394 e. The minimum absolute atomic E-state index is 0.232. The number of rotatable bonds is 18. The third-order valence-corrected chi connectivity index (χ3v) is 6.59. The molecule has 6 heteroatoms. The van der Waals surface area contributed by atoms with Crippen LogP contribution in [0.3, 0.4) is 0 Å². The molecule has 162 valence electrons. The van der Waals surface area contributed by atoms with Gasteiger partial charge in [0.2, 0.25) is 5.91 Å². The number of amides is 1. The Bertz CT molecular complexity index is 356. The van der Waals surface area contributed by atoms with E-state index < -0.39 is 25.4 Å². The predicted molar refractivity (Wildman–Crippen MR) is 115 cm³/mol. The lowest BCUT2D eigenvalue weighted by Crippen LogP contribution is -2.58. The van der Waals surface area contributed by atoms with Gasteiger partial charge in [-0.05, 0) is 6.42 Å². The first-order valence-corrected chi connectivity index (χ1v) is 11.8. The molecule has 0 aromatic carbocycles. The highest BCUT2D eigenvalue weighted by Crippen LogP contribution is 2.21. The summed E-state index contributed by atoms with van der Waals surface area (Å²) in [5.74, 6) is 0.225. The average Bonchev–Trinajstić information content (AvgIpc) is 2.68. The minimum atomic E-state index is -1.34. The number of unbranched alkanes of at least 4 members (excludes halogenated alkanes) is 8. The maximum absolute atomic E-state index is 12.2. The van der Waals surface area contributed by atoms with Gasteiger partial charge in [-0.1, -0.05) is 78.6 Å². The third kappa shape index (κ3) is 12.7. The lowest BCUT2D eigenvalue weighted by atomic mass is 10.0. The first-order chi connectivity index (χ1) is 12.9. The molecular formula is C21H43NO4S. The number of carbonyl (C=O) groups is 1. The van der Waals surface area contributed by atoms with Crippen molar-refractivity contribution in [2.45, 2.75) is 95.8 Å². The van der Waals surface area contributed by atoms with E-state index in [9.17, 15) is 20.1 Å². The van der Waals surface area contributed by atoms with E-state index in [1.165, 1.54) is 64.2 Å². The van der Waals surface area contributed by atoms with Gasteiger partial charge in [-0.15, -0.1) is 0 Å². The summed E-state index contributed by atoms with van der Waals surface area (Å²) in [6, 6.07) is 0. The van der Waals surface area contributed by atoms with E-state index >= 15 is 0 Å². The summed E-state index contributed by atoms with van der Waals surface area (Å²) in [5, 5.41) is 31.0. The van der Waals surface area contributed by atoms with Crippen LogP contribution in [0.1, 0.15) is 85.0 Å². The second-order valence-electron chi connectivity index (χ2n) is 7.91. The van der Waals surface area contributed by atoms with E-state index in [-0.39, 0.29) is 11.8 Å². The maximum Gasteiger partial charge on any atom is 0.224 e. The van der Waals surface area contributed by atoms with E-state index in [0.717, 1.165) is 0 Å². The summed E-state index contributed by atoms with van der Waals surface area (Å²) in [7, 11) is 0. The lowest BCUT2D eigenvalue weighted by molar-refractivity contribution is -0.128. The molecule has 0 aromatic heterocycles. The molecule has 0 aliphatic rings. The van der Waals surface area contributed by atoms with Gasteiger partial charge in [0.25, 0.3) is 0 Å². The van der Waals surface area contributed by atoms with Crippen LogP contribution in [0.2, 0.25) is 0 Å². The largest absolute Gasteiger partial charge is 0.394 e. The second-order valence-corrected chi connectivity index (χ2v) is 9.38. The van der Waals surface area contributed by atoms with Crippen molar-refractivity contribution < 1.29 is 20.1 Å². The Hall–Kier alpha value is -0.300. The normalized spacial score (nSPS) is 14.1. The topological polar surface area (TPSA) is 89.8 Å². The molecule has 0 heterocycles. The molecular weight excluding hydrogens is 362 g/mol. The van der Waals surface area contributed by atoms with Crippen LogP contribution in [0, 0.1) is 5.92 Å². The van der Waals surface area contributed by atoms with Crippen LogP contribution in [-0.2, 0) is 4.79 Å². The Kier molecular flexibility index (Phi) is 16.5. The van der Waals surface area contributed by atoms with E-state index in [0.29, 0.717) is 11.0 Å². The Morgan fingerprint density at radius 2 is 1.37 bits per heavy atom. The monoisotopic (exact) mass is 405 g/mol. The molecule has 0 rings (SSSR count). The molecule has 4 N–H and O–H groups in total. The van der Waals surface area contributed by atoms with Gasteiger partial charge in [0.15, 0.2) is 0 Å². The van der Waals surface area contributed by atoms with E-state index in [1.54, 1.807) is 11.8 Å². The SMILES string of the molecule is CCCCCCCCCCCC(C)SCC(C)C(=O)NC(CO)(CO)CO. The second kappa shape index (κ2) is 16.6. The molecule has 0 aliphatic carbocycles. The highest BCUT2D eigenvalue weighted by atomic mass is 32.2. The van der Waals surface area contributed by atoms with E-state index in [1.807, 2.05) is 6.92 Å². The molecule has 2 unspecified atom stereocenters. The zero-order chi connectivity index (χ0) is 20.5. The fourth-order valence-corrected chi connectivity index (χ4v) is 3.97. The summed E-state index contributed by atoms with van der Waals surface area (Å²) in [6.07, 6.45) is 13.2. The van der Waals surface area contributed by atoms with Gasteiger partial charge < -0.3 is 20.6 Å². The van der Waals surface area contributed by atoms with Crippen molar-refractivity contribution in [1.29, 1.82) is 0 Å². The quantitative estimate of drug-likeness (QED) is 0.262. The molecule has 0 spiro atoms. The van der Waals surface area contributed by atoms with Crippen LogP contribution in [0.15, 0.2) is 0 Å². The molecule has 5 nitrogen and oxygen atoms in total. The first-order valence-electron chi connectivity index (χ1n) is 10.7.